The monoisotopic (exact) mass is 240 g/mol. The highest BCUT2D eigenvalue weighted by molar-refractivity contribution is 8.00. The van der Waals surface area contributed by atoms with Crippen molar-refractivity contribution in [1.29, 1.82) is 0 Å². The van der Waals surface area contributed by atoms with Gasteiger partial charge in [-0.3, -0.25) is 4.98 Å². The smallest absolute Gasteiger partial charge is 0.0568 e. The molecule has 0 aliphatic rings. The fraction of sp³-hybridized carbons (Fsp3) is 0.583. The number of hydrogen-bond donors (Lipinski definition) is 2. The predicted molar refractivity (Wildman–Crippen MR) is 68.4 cm³/mol. The van der Waals surface area contributed by atoms with Gasteiger partial charge in [0, 0.05) is 28.6 Å². The molecule has 1 rings (SSSR count). The number of nitrogens with zero attached hydrogens (tertiary/aromatic N) is 1. The van der Waals surface area contributed by atoms with Gasteiger partial charge in [-0.25, -0.2) is 0 Å². The summed E-state index contributed by atoms with van der Waals surface area (Å²) in [6.07, 6.45) is 3.50. The van der Waals surface area contributed by atoms with Crippen molar-refractivity contribution in [2.45, 2.75) is 37.0 Å². The highest BCUT2D eigenvalue weighted by Gasteiger charge is 2.29. The quantitative estimate of drug-likeness (QED) is 0.789. The minimum Gasteiger partial charge on any atom is -0.395 e. The lowest BCUT2D eigenvalue weighted by molar-refractivity contribution is 0.233. The normalized spacial score (nSPS) is 15.8. The molecule has 4 heteroatoms. The van der Waals surface area contributed by atoms with Crippen molar-refractivity contribution < 1.29 is 5.11 Å². The van der Waals surface area contributed by atoms with E-state index in [4.69, 9.17) is 5.73 Å². The number of aliphatic hydroxyl groups is 1. The van der Waals surface area contributed by atoms with E-state index < -0.39 is 0 Å². The maximum Gasteiger partial charge on any atom is 0.0568 e. The molecule has 16 heavy (non-hydrogen) atoms. The Hall–Kier alpha value is -0.580. The molecule has 0 aliphatic carbocycles. The summed E-state index contributed by atoms with van der Waals surface area (Å²) in [6, 6.07) is 3.82. The van der Waals surface area contributed by atoms with Gasteiger partial charge in [0.15, 0.2) is 0 Å². The van der Waals surface area contributed by atoms with Gasteiger partial charge in [0.05, 0.1) is 6.61 Å². The van der Waals surface area contributed by atoms with Crippen LogP contribution in [0.25, 0.3) is 0 Å². The SMILES string of the molecule is CC(C)(C)C(N)C(CO)Sc1ccncc1. The summed E-state index contributed by atoms with van der Waals surface area (Å²) in [5, 5.41) is 9.42. The molecule has 2 unspecified atom stereocenters. The van der Waals surface area contributed by atoms with Crippen molar-refractivity contribution in [3.05, 3.63) is 24.5 Å². The highest BCUT2D eigenvalue weighted by atomic mass is 32.2. The number of rotatable bonds is 4. The number of pyridine rings is 1. The fourth-order valence-electron chi connectivity index (χ4n) is 1.37. The van der Waals surface area contributed by atoms with Crippen LogP contribution in [0.15, 0.2) is 29.4 Å². The summed E-state index contributed by atoms with van der Waals surface area (Å²) in [6.45, 7) is 6.36. The van der Waals surface area contributed by atoms with E-state index in [-0.39, 0.29) is 23.3 Å². The Morgan fingerprint density at radius 1 is 1.38 bits per heavy atom. The van der Waals surface area contributed by atoms with Crippen LogP contribution in [0.4, 0.5) is 0 Å². The van der Waals surface area contributed by atoms with Crippen molar-refractivity contribution in [2.24, 2.45) is 11.1 Å². The zero-order chi connectivity index (χ0) is 12.2. The summed E-state index contributed by atoms with van der Waals surface area (Å²) < 4.78 is 0. The Kier molecular flexibility index (Phi) is 4.77. The van der Waals surface area contributed by atoms with Gasteiger partial charge in [0.25, 0.3) is 0 Å². The predicted octanol–water partition coefficient (Wildman–Crippen LogP) is 1.91. The van der Waals surface area contributed by atoms with Gasteiger partial charge in [0.1, 0.15) is 0 Å². The summed E-state index contributed by atoms with van der Waals surface area (Å²) >= 11 is 1.61. The molecule has 0 aliphatic heterocycles. The number of aliphatic hydroxyl groups excluding tert-OH is 1. The van der Waals surface area contributed by atoms with Crippen LogP contribution in [0.3, 0.4) is 0 Å². The van der Waals surface area contributed by atoms with E-state index in [1.54, 1.807) is 24.2 Å². The third-order valence-electron chi connectivity index (χ3n) is 2.52. The second-order valence-corrected chi connectivity index (χ2v) is 6.23. The van der Waals surface area contributed by atoms with Crippen molar-refractivity contribution >= 4 is 11.8 Å². The van der Waals surface area contributed by atoms with Crippen LogP contribution in [-0.2, 0) is 0 Å². The van der Waals surface area contributed by atoms with Crippen molar-refractivity contribution in [3.63, 3.8) is 0 Å². The van der Waals surface area contributed by atoms with E-state index in [2.05, 4.69) is 25.8 Å². The Morgan fingerprint density at radius 2 is 1.94 bits per heavy atom. The van der Waals surface area contributed by atoms with Crippen molar-refractivity contribution in [2.75, 3.05) is 6.61 Å². The molecule has 90 valence electrons. The summed E-state index contributed by atoms with van der Waals surface area (Å²) in [5.74, 6) is 0. The number of thioether (sulfide) groups is 1. The summed E-state index contributed by atoms with van der Waals surface area (Å²) in [4.78, 5) is 5.06. The lowest BCUT2D eigenvalue weighted by atomic mass is 9.85. The number of aromatic nitrogens is 1. The first-order valence-corrected chi connectivity index (χ1v) is 6.26. The zero-order valence-electron chi connectivity index (χ0n) is 10.1. The maximum absolute atomic E-state index is 9.40. The first-order valence-electron chi connectivity index (χ1n) is 5.38. The second-order valence-electron chi connectivity index (χ2n) is 4.91. The van der Waals surface area contributed by atoms with Crippen LogP contribution >= 0.6 is 11.8 Å². The standard InChI is InChI=1S/C12H20N2OS/c1-12(2,3)11(13)10(8-15)16-9-4-6-14-7-5-9/h4-7,10-11,15H,8,13H2,1-3H3. The molecule has 0 saturated carbocycles. The summed E-state index contributed by atoms with van der Waals surface area (Å²) in [5.41, 5.74) is 6.15. The van der Waals surface area contributed by atoms with Crippen LogP contribution in [-0.4, -0.2) is 28.0 Å². The molecule has 0 radical (unpaired) electrons. The number of hydrogen-bond acceptors (Lipinski definition) is 4. The fourth-order valence-corrected chi connectivity index (χ4v) is 2.63. The average molecular weight is 240 g/mol. The molecule has 0 fully saturated rings. The van der Waals surface area contributed by atoms with E-state index in [1.807, 2.05) is 12.1 Å². The van der Waals surface area contributed by atoms with E-state index in [0.717, 1.165) is 4.90 Å². The first-order chi connectivity index (χ1) is 7.45. The Labute approximate surface area is 101 Å². The Bertz CT molecular complexity index is 311. The largest absolute Gasteiger partial charge is 0.395 e. The average Bonchev–Trinajstić information content (AvgIpc) is 2.25. The zero-order valence-corrected chi connectivity index (χ0v) is 10.9. The van der Waals surface area contributed by atoms with Crippen LogP contribution in [0.1, 0.15) is 20.8 Å². The van der Waals surface area contributed by atoms with E-state index in [1.165, 1.54) is 0 Å². The molecule has 3 nitrogen and oxygen atoms in total. The Balaban J connectivity index is 2.70. The summed E-state index contributed by atoms with van der Waals surface area (Å²) in [7, 11) is 0. The van der Waals surface area contributed by atoms with Crippen LogP contribution in [0.2, 0.25) is 0 Å². The van der Waals surface area contributed by atoms with Gasteiger partial charge in [-0.2, -0.15) is 0 Å². The van der Waals surface area contributed by atoms with Gasteiger partial charge in [0.2, 0.25) is 0 Å². The number of nitrogens with two attached hydrogens (primary N) is 1. The van der Waals surface area contributed by atoms with Gasteiger partial charge < -0.3 is 10.8 Å². The maximum atomic E-state index is 9.40. The second kappa shape index (κ2) is 5.66. The molecular formula is C12H20N2OS. The van der Waals surface area contributed by atoms with Crippen molar-refractivity contribution in [3.8, 4) is 0 Å². The van der Waals surface area contributed by atoms with Gasteiger partial charge in [-0.15, -0.1) is 11.8 Å². The molecule has 1 heterocycles. The molecule has 1 aromatic rings. The van der Waals surface area contributed by atoms with Crippen molar-refractivity contribution in [1.82, 2.24) is 4.98 Å². The van der Waals surface area contributed by atoms with E-state index in [0.29, 0.717) is 0 Å². The third-order valence-corrected chi connectivity index (χ3v) is 3.81. The molecule has 0 saturated heterocycles. The molecule has 0 amide bonds. The molecule has 1 aromatic heterocycles. The minimum atomic E-state index is -0.0457. The molecule has 3 N–H and O–H groups in total. The molecule has 2 atom stereocenters. The van der Waals surface area contributed by atoms with Crippen LogP contribution < -0.4 is 5.73 Å². The Morgan fingerprint density at radius 3 is 2.38 bits per heavy atom. The van der Waals surface area contributed by atoms with Crippen LogP contribution in [0, 0.1) is 5.41 Å². The van der Waals surface area contributed by atoms with Crippen LogP contribution in [0.5, 0.6) is 0 Å². The topological polar surface area (TPSA) is 59.1 Å². The molecular weight excluding hydrogens is 220 g/mol. The lowest BCUT2D eigenvalue weighted by Gasteiger charge is -2.32. The van der Waals surface area contributed by atoms with Gasteiger partial charge in [-0.05, 0) is 17.5 Å². The van der Waals surface area contributed by atoms with Gasteiger partial charge >= 0.3 is 0 Å². The highest BCUT2D eigenvalue weighted by Crippen LogP contribution is 2.30. The lowest BCUT2D eigenvalue weighted by Crippen LogP contribution is -2.45. The third kappa shape index (κ3) is 3.77. The molecule has 0 aromatic carbocycles. The van der Waals surface area contributed by atoms with E-state index >= 15 is 0 Å². The first kappa shape index (κ1) is 13.5. The van der Waals surface area contributed by atoms with E-state index in [9.17, 15) is 5.11 Å². The molecule has 0 bridgehead atoms. The van der Waals surface area contributed by atoms with Gasteiger partial charge in [-0.1, -0.05) is 20.8 Å². The molecule has 0 spiro atoms. The minimum absolute atomic E-state index is 0.00652.